The van der Waals surface area contributed by atoms with E-state index in [0.29, 0.717) is 0 Å². The number of aromatic nitrogens is 1. The van der Waals surface area contributed by atoms with Gasteiger partial charge in [0.15, 0.2) is 0 Å². The van der Waals surface area contributed by atoms with E-state index in [4.69, 9.17) is 4.42 Å². The molecule has 13 rings (SSSR count). The van der Waals surface area contributed by atoms with Crippen molar-refractivity contribution >= 4 is 93.1 Å². The van der Waals surface area contributed by atoms with Crippen molar-refractivity contribution in [2.45, 2.75) is 0 Å². The predicted octanol–water partition coefficient (Wildman–Crippen LogP) is 16.9. The fourth-order valence-electron chi connectivity index (χ4n) is 10.0. The molecule has 0 aliphatic rings. The summed E-state index contributed by atoms with van der Waals surface area (Å²) in [7, 11) is 0. The molecule has 0 aliphatic carbocycles. The molecule has 13 aromatic rings. The third kappa shape index (κ3) is 5.60. The normalized spacial score (nSPS) is 11.8. The molecule has 0 atom stereocenters. The Balaban J connectivity index is 1.13. The predicted molar refractivity (Wildman–Crippen MR) is 266 cm³/mol. The number of hydrogen-bond acceptors (Lipinski definition) is 2. The maximum atomic E-state index is 6.72. The Morgan fingerprint density at radius 1 is 0.349 bits per heavy atom. The van der Waals surface area contributed by atoms with Crippen molar-refractivity contribution < 1.29 is 4.42 Å². The number of anilines is 3. The van der Waals surface area contributed by atoms with Gasteiger partial charge in [0.25, 0.3) is 0 Å². The number of para-hydroxylation sites is 1. The van der Waals surface area contributed by atoms with Gasteiger partial charge in [-0.15, -0.1) is 0 Å². The number of furan rings is 1. The van der Waals surface area contributed by atoms with Crippen LogP contribution in [0.15, 0.2) is 235 Å². The van der Waals surface area contributed by atoms with Gasteiger partial charge in [0.05, 0.1) is 27.8 Å². The highest BCUT2D eigenvalue weighted by Gasteiger charge is 2.27. The van der Waals surface area contributed by atoms with Gasteiger partial charge >= 0.3 is 0 Å². The fraction of sp³-hybridized carbons (Fsp3) is 0. The van der Waals surface area contributed by atoms with Crippen LogP contribution in [-0.4, -0.2) is 4.57 Å². The highest BCUT2D eigenvalue weighted by molar-refractivity contribution is 6.26. The van der Waals surface area contributed by atoms with Crippen molar-refractivity contribution in [3.05, 3.63) is 231 Å². The van der Waals surface area contributed by atoms with Crippen LogP contribution in [0, 0.1) is 0 Å². The van der Waals surface area contributed by atoms with Gasteiger partial charge in [0.1, 0.15) is 11.2 Å². The molecule has 11 aromatic carbocycles. The van der Waals surface area contributed by atoms with Crippen LogP contribution in [-0.2, 0) is 0 Å². The molecule has 0 aliphatic heterocycles. The standard InChI is InChI=1S/C60H38N2O/c1-2-14-39(15-3-1)43-20-12-21-44(36-43)41-28-32-47(33-29-41)61(60-50-23-9-7-19-46(50)38-56-58(60)51-24-10-11-27-55(51)63-56)53-25-13-26-54-57(53)52-35-31-42-17-6-8-22-49(42)59(52)62(54)48-34-30-40-16-4-5-18-45(40)37-48/h1-38H. The number of nitrogens with zero attached hydrogens (tertiary/aromatic N) is 2. The Labute approximate surface area is 363 Å². The van der Waals surface area contributed by atoms with E-state index in [-0.39, 0.29) is 0 Å². The quantitative estimate of drug-likeness (QED) is 0.167. The molecule has 2 aromatic heterocycles. The number of hydrogen-bond donors (Lipinski definition) is 0. The van der Waals surface area contributed by atoms with Gasteiger partial charge in [-0.05, 0) is 98.4 Å². The monoisotopic (exact) mass is 802 g/mol. The van der Waals surface area contributed by atoms with Crippen molar-refractivity contribution in [3.63, 3.8) is 0 Å². The summed E-state index contributed by atoms with van der Waals surface area (Å²) in [6.45, 7) is 0. The van der Waals surface area contributed by atoms with Crippen molar-refractivity contribution in [2.24, 2.45) is 0 Å². The SMILES string of the molecule is c1ccc(-c2cccc(-c3ccc(N(c4c5ccccc5cc5oc6ccccc6c45)c4cccc5c4c4ccc6ccccc6c4n5-c4ccc5ccccc5c4)cc3)c2)cc1. The summed E-state index contributed by atoms with van der Waals surface area (Å²) in [6, 6.07) is 83.6. The van der Waals surface area contributed by atoms with Gasteiger partial charge in [0, 0.05) is 38.3 Å². The second-order valence-corrected chi connectivity index (χ2v) is 16.5. The highest BCUT2D eigenvalue weighted by Crippen LogP contribution is 2.51. The first-order valence-corrected chi connectivity index (χ1v) is 21.6. The summed E-state index contributed by atoms with van der Waals surface area (Å²) in [4.78, 5) is 2.50. The molecule has 0 fully saturated rings. The molecular formula is C60H38N2O. The molecule has 0 saturated carbocycles. The molecule has 294 valence electrons. The number of rotatable bonds is 6. The molecule has 0 N–H and O–H groups in total. The third-order valence-electron chi connectivity index (χ3n) is 12.9. The summed E-state index contributed by atoms with van der Waals surface area (Å²) in [5.74, 6) is 0. The minimum atomic E-state index is 0.862. The maximum Gasteiger partial charge on any atom is 0.138 e. The highest BCUT2D eigenvalue weighted by atomic mass is 16.3. The number of fused-ring (bicyclic) bond motifs is 10. The van der Waals surface area contributed by atoms with E-state index < -0.39 is 0 Å². The lowest BCUT2D eigenvalue weighted by Crippen LogP contribution is -2.11. The first kappa shape index (κ1) is 35.4. The summed E-state index contributed by atoms with van der Waals surface area (Å²) in [5.41, 5.74) is 13.2. The number of benzene rings is 11. The Kier molecular flexibility index (Phi) is 7.91. The smallest absolute Gasteiger partial charge is 0.138 e. The van der Waals surface area contributed by atoms with Gasteiger partial charge in [-0.3, -0.25) is 0 Å². The molecule has 2 heterocycles. The minimum Gasteiger partial charge on any atom is -0.456 e. The zero-order valence-corrected chi connectivity index (χ0v) is 34.2. The molecule has 0 bridgehead atoms. The maximum absolute atomic E-state index is 6.72. The van der Waals surface area contributed by atoms with Crippen molar-refractivity contribution in [1.82, 2.24) is 4.57 Å². The van der Waals surface area contributed by atoms with Crippen LogP contribution in [0.5, 0.6) is 0 Å². The Hall–Kier alpha value is -8.40. The van der Waals surface area contributed by atoms with E-state index in [1.165, 1.54) is 54.5 Å². The molecule has 0 radical (unpaired) electrons. The molecule has 3 nitrogen and oxygen atoms in total. The van der Waals surface area contributed by atoms with Crippen LogP contribution < -0.4 is 4.90 Å². The molecule has 3 heteroatoms. The lowest BCUT2D eigenvalue weighted by molar-refractivity contribution is 0.669. The van der Waals surface area contributed by atoms with Gasteiger partial charge in [-0.2, -0.15) is 0 Å². The lowest BCUT2D eigenvalue weighted by Gasteiger charge is -2.29. The summed E-state index contributed by atoms with van der Waals surface area (Å²) < 4.78 is 9.20. The van der Waals surface area contributed by atoms with E-state index in [1.807, 2.05) is 0 Å². The molecule has 0 spiro atoms. The topological polar surface area (TPSA) is 21.3 Å². The minimum absolute atomic E-state index is 0.862. The second-order valence-electron chi connectivity index (χ2n) is 16.5. The van der Waals surface area contributed by atoms with E-state index in [1.54, 1.807) is 0 Å². The van der Waals surface area contributed by atoms with E-state index in [0.717, 1.165) is 66.5 Å². The average molecular weight is 803 g/mol. The fourth-order valence-corrected chi connectivity index (χ4v) is 10.0. The van der Waals surface area contributed by atoms with Crippen LogP contribution >= 0.6 is 0 Å². The molecule has 63 heavy (non-hydrogen) atoms. The Morgan fingerprint density at radius 2 is 0.984 bits per heavy atom. The van der Waals surface area contributed by atoms with Crippen LogP contribution in [0.1, 0.15) is 0 Å². The summed E-state index contributed by atoms with van der Waals surface area (Å²) in [6.07, 6.45) is 0. The second kappa shape index (κ2) is 14.1. The van der Waals surface area contributed by atoms with Crippen LogP contribution in [0.3, 0.4) is 0 Å². The zero-order valence-electron chi connectivity index (χ0n) is 34.2. The van der Waals surface area contributed by atoms with Gasteiger partial charge in [-0.25, -0.2) is 0 Å². The molecule has 0 unspecified atom stereocenters. The van der Waals surface area contributed by atoms with Gasteiger partial charge in [0.2, 0.25) is 0 Å². The molecular weight excluding hydrogens is 765 g/mol. The molecule has 0 saturated heterocycles. The van der Waals surface area contributed by atoms with Gasteiger partial charge < -0.3 is 13.9 Å². The first-order valence-electron chi connectivity index (χ1n) is 21.6. The summed E-state index contributed by atoms with van der Waals surface area (Å²) in [5, 5.41) is 11.7. The van der Waals surface area contributed by atoms with Crippen molar-refractivity contribution in [2.75, 3.05) is 4.90 Å². The average Bonchev–Trinajstić information content (AvgIpc) is 3.90. The van der Waals surface area contributed by atoms with Crippen LogP contribution in [0.4, 0.5) is 17.1 Å². The van der Waals surface area contributed by atoms with Crippen molar-refractivity contribution in [1.29, 1.82) is 0 Å². The Morgan fingerprint density at radius 3 is 1.81 bits per heavy atom. The first-order chi connectivity index (χ1) is 31.2. The van der Waals surface area contributed by atoms with Crippen LogP contribution in [0.25, 0.3) is 104 Å². The van der Waals surface area contributed by atoms with Crippen molar-refractivity contribution in [3.8, 4) is 27.9 Å². The van der Waals surface area contributed by atoms with Crippen LogP contribution in [0.2, 0.25) is 0 Å². The van der Waals surface area contributed by atoms with E-state index in [9.17, 15) is 0 Å². The largest absolute Gasteiger partial charge is 0.456 e. The van der Waals surface area contributed by atoms with E-state index >= 15 is 0 Å². The summed E-state index contributed by atoms with van der Waals surface area (Å²) >= 11 is 0. The lowest BCUT2D eigenvalue weighted by atomic mass is 9.97. The Bertz CT molecular complexity index is 3910. The van der Waals surface area contributed by atoms with E-state index in [2.05, 4.69) is 240 Å². The zero-order chi connectivity index (χ0) is 41.4. The molecule has 0 amide bonds. The third-order valence-corrected chi connectivity index (χ3v) is 12.9. The van der Waals surface area contributed by atoms with Gasteiger partial charge in [-0.1, -0.05) is 176 Å².